The maximum atomic E-state index is 13.4. The predicted molar refractivity (Wildman–Crippen MR) is 116 cm³/mol. The molecule has 2 bridgehead atoms. The van der Waals surface area contributed by atoms with Gasteiger partial charge in [0.2, 0.25) is 0 Å². The maximum Gasteiger partial charge on any atom is 0.258 e. The summed E-state index contributed by atoms with van der Waals surface area (Å²) in [5.74, 6) is 0.646. The van der Waals surface area contributed by atoms with Crippen molar-refractivity contribution >= 4 is 23.2 Å². The molecule has 1 N–H and O–H groups in total. The van der Waals surface area contributed by atoms with Crippen LogP contribution >= 0.6 is 11.6 Å². The van der Waals surface area contributed by atoms with E-state index in [4.69, 9.17) is 16.3 Å². The smallest absolute Gasteiger partial charge is 0.258 e. The average molecular weight is 438 g/mol. The fourth-order valence-electron chi connectivity index (χ4n) is 5.18. The average Bonchev–Trinajstić information content (AvgIpc) is 3.41. The Balaban J connectivity index is 1.24. The molecule has 160 valence electrons. The second-order valence-corrected chi connectivity index (χ2v) is 9.28. The Morgan fingerprint density at radius 3 is 2.77 bits per heavy atom. The fourth-order valence-corrected chi connectivity index (χ4v) is 5.32. The zero-order valence-corrected chi connectivity index (χ0v) is 18.1. The molecule has 0 radical (unpaired) electrons. The van der Waals surface area contributed by atoms with Gasteiger partial charge in [-0.15, -0.1) is 0 Å². The monoisotopic (exact) mass is 437 g/mol. The van der Waals surface area contributed by atoms with Gasteiger partial charge in [-0.3, -0.25) is 4.79 Å². The van der Waals surface area contributed by atoms with Crippen molar-refractivity contribution in [1.29, 1.82) is 0 Å². The standard InChI is InChI=1S/C23H24ClN5O2/c1-13-19(24)11-29-22(25-13)18-10-28(12-20(18)27-29)23(30)17-4-2-3-5-21(17)31-16-8-14-6-7-15(9-16)26-14/h2-5,11,14-16,26H,6-10,12H2,1H3/t14-,15+,16?. The van der Waals surface area contributed by atoms with Gasteiger partial charge in [0, 0.05) is 17.6 Å². The minimum Gasteiger partial charge on any atom is -0.489 e. The minimum atomic E-state index is -0.0330. The van der Waals surface area contributed by atoms with Gasteiger partial charge in [0.15, 0.2) is 5.65 Å². The van der Waals surface area contributed by atoms with Gasteiger partial charge in [0.25, 0.3) is 5.91 Å². The highest BCUT2D eigenvalue weighted by molar-refractivity contribution is 6.31. The summed E-state index contributed by atoms with van der Waals surface area (Å²) in [5, 5.41) is 8.82. The topological polar surface area (TPSA) is 71.8 Å². The third-order valence-corrected chi connectivity index (χ3v) is 7.11. The Labute approximate surface area is 185 Å². The number of carbonyl (C=O) groups excluding carboxylic acids is 1. The molecule has 31 heavy (non-hydrogen) atoms. The van der Waals surface area contributed by atoms with Crippen molar-refractivity contribution in [2.75, 3.05) is 0 Å². The predicted octanol–water partition coefficient (Wildman–Crippen LogP) is 3.51. The molecule has 6 rings (SSSR count). The molecule has 0 spiro atoms. The Kier molecular flexibility index (Phi) is 4.43. The van der Waals surface area contributed by atoms with Crippen LogP contribution in [0.1, 0.15) is 53.0 Å². The van der Waals surface area contributed by atoms with Crippen molar-refractivity contribution in [3.8, 4) is 5.75 Å². The quantitative estimate of drug-likeness (QED) is 0.678. The van der Waals surface area contributed by atoms with E-state index in [9.17, 15) is 4.79 Å². The third-order valence-electron chi connectivity index (χ3n) is 6.74. The number of para-hydroxylation sites is 1. The minimum absolute atomic E-state index is 0.0330. The number of nitrogens with zero attached hydrogens (tertiary/aromatic N) is 4. The number of ether oxygens (including phenoxy) is 1. The molecule has 3 atom stereocenters. The van der Waals surface area contributed by atoms with Crippen LogP contribution in [0.2, 0.25) is 5.02 Å². The molecule has 1 amide bonds. The van der Waals surface area contributed by atoms with Gasteiger partial charge < -0.3 is 15.0 Å². The molecule has 3 aromatic rings. The van der Waals surface area contributed by atoms with Gasteiger partial charge >= 0.3 is 0 Å². The van der Waals surface area contributed by atoms with Gasteiger partial charge in [-0.1, -0.05) is 23.7 Å². The van der Waals surface area contributed by atoms with Gasteiger partial charge in [-0.05, 0) is 44.7 Å². The van der Waals surface area contributed by atoms with Crippen LogP contribution in [0.5, 0.6) is 5.75 Å². The number of amides is 1. The summed E-state index contributed by atoms with van der Waals surface area (Å²) < 4.78 is 8.08. The highest BCUT2D eigenvalue weighted by Gasteiger charge is 2.36. The molecular weight excluding hydrogens is 414 g/mol. The van der Waals surface area contributed by atoms with E-state index in [1.165, 1.54) is 12.8 Å². The van der Waals surface area contributed by atoms with Gasteiger partial charge in [-0.25, -0.2) is 9.50 Å². The molecule has 2 saturated heterocycles. The number of hydrogen-bond donors (Lipinski definition) is 1. The molecule has 7 nitrogen and oxygen atoms in total. The number of aryl methyl sites for hydroxylation is 1. The number of benzene rings is 1. The largest absolute Gasteiger partial charge is 0.489 e. The lowest BCUT2D eigenvalue weighted by Gasteiger charge is -2.30. The Hall–Kier alpha value is -2.64. The van der Waals surface area contributed by atoms with Crippen LogP contribution in [0, 0.1) is 6.92 Å². The number of halogens is 1. The highest BCUT2D eigenvalue weighted by atomic mass is 35.5. The first-order valence-corrected chi connectivity index (χ1v) is 11.3. The summed E-state index contributed by atoms with van der Waals surface area (Å²) in [4.78, 5) is 19.8. The first-order valence-electron chi connectivity index (χ1n) is 10.9. The number of fused-ring (bicyclic) bond motifs is 5. The lowest BCUT2D eigenvalue weighted by Crippen LogP contribution is -2.42. The second kappa shape index (κ2) is 7.21. The van der Waals surface area contributed by atoms with Gasteiger partial charge in [-0.2, -0.15) is 5.10 Å². The van der Waals surface area contributed by atoms with E-state index < -0.39 is 0 Å². The van der Waals surface area contributed by atoms with Crippen LogP contribution in [-0.4, -0.2) is 43.6 Å². The Morgan fingerprint density at radius 2 is 1.97 bits per heavy atom. The molecule has 0 aliphatic carbocycles. The Morgan fingerprint density at radius 1 is 1.19 bits per heavy atom. The zero-order valence-electron chi connectivity index (χ0n) is 17.3. The van der Waals surface area contributed by atoms with Crippen LogP contribution in [0.3, 0.4) is 0 Å². The molecule has 3 aliphatic heterocycles. The second-order valence-electron chi connectivity index (χ2n) is 8.87. The number of rotatable bonds is 3. The van der Waals surface area contributed by atoms with Gasteiger partial charge in [0.05, 0.1) is 41.3 Å². The number of hydrogen-bond acceptors (Lipinski definition) is 5. The number of aromatic nitrogens is 3. The summed E-state index contributed by atoms with van der Waals surface area (Å²) in [6.07, 6.45) is 6.37. The lowest BCUT2D eigenvalue weighted by atomic mass is 10.0. The van der Waals surface area contributed by atoms with Crippen molar-refractivity contribution in [1.82, 2.24) is 24.8 Å². The maximum absolute atomic E-state index is 13.4. The third kappa shape index (κ3) is 3.27. The molecule has 5 heterocycles. The molecule has 2 aromatic heterocycles. The van der Waals surface area contributed by atoms with Crippen LogP contribution in [0.15, 0.2) is 30.5 Å². The summed E-state index contributed by atoms with van der Waals surface area (Å²) in [7, 11) is 0. The SMILES string of the molecule is Cc1nc2c3c(nn2cc1Cl)CN(C(=O)c1ccccc1OC1C[C@H]2CC[C@@H](C1)N2)C3. The summed E-state index contributed by atoms with van der Waals surface area (Å²) in [6.45, 7) is 2.82. The van der Waals surface area contributed by atoms with E-state index in [0.717, 1.165) is 35.4 Å². The molecule has 3 aliphatic rings. The van der Waals surface area contributed by atoms with Gasteiger partial charge in [0.1, 0.15) is 11.9 Å². The van der Waals surface area contributed by atoms with E-state index in [2.05, 4.69) is 15.4 Å². The van der Waals surface area contributed by atoms with Crippen molar-refractivity contribution in [2.24, 2.45) is 0 Å². The first kappa shape index (κ1) is 19.1. The molecule has 0 saturated carbocycles. The molecule has 1 unspecified atom stereocenters. The van der Waals surface area contributed by atoms with Crippen molar-refractivity contribution in [3.63, 3.8) is 0 Å². The lowest BCUT2D eigenvalue weighted by molar-refractivity contribution is 0.0737. The van der Waals surface area contributed by atoms with E-state index in [-0.39, 0.29) is 12.0 Å². The summed E-state index contributed by atoms with van der Waals surface area (Å²) >= 11 is 6.18. The Bertz CT molecular complexity index is 1180. The number of piperidine rings is 1. The van der Waals surface area contributed by atoms with Crippen LogP contribution in [0.4, 0.5) is 0 Å². The number of carbonyl (C=O) groups is 1. The van der Waals surface area contributed by atoms with Crippen molar-refractivity contribution in [2.45, 2.75) is 63.9 Å². The summed E-state index contributed by atoms with van der Waals surface area (Å²) in [5.41, 5.74) is 4.00. The summed E-state index contributed by atoms with van der Waals surface area (Å²) in [6, 6.07) is 8.69. The van der Waals surface area contributed by atoms with Crippen LogP contribution in [0.25, 0.3) is 5.65 Å². The first-order chi connectivity index (χ1) is 15.0. The fraction of sp³-hybridized carbons (Fsp3) is 0.435. The van der Waals surface area contributed by atoms with Crippen LogP contribution in [-0.2, 0) is 13.1 Å². The number of nitrogens with one attached hydrogen (secondary N) is 1. The molecule has 8 heteroatoms. The van der Waals surface area contributed by atoms with Crippen LogP contribution < -0.4 is 10.1 Å². The molecule has 2 fully saturated rings. The van der Waals surface area contributed by atoms with E-state index in [1.54, 1.807) is 10.7 Å². The van der Waals surface area contributed by atoms with Crippen molar-refractivity contribution in [3.05, 3.63) is 58.0 Å². The highest BCUT2D eigenvalue weighted by Crippen LogP contribution is 2.33. The normalized spacial score (nSPS) is 24.6. The van der Waals surface area contributed by atoms with E-state index in [0.29, 0.717) is 41.5 Å². The molecule has 1 aromatic carbocycles. The van der Waals surface area contributed by atoms with E-state index >= 15 is 0 Å². The molecular formula is C23H24ClN5O2. The van der Waals surface area contributed by atoms with E-state index in [1.807, 2.05) is 36.1 Å². The van der Waals surface area contributed by atoms with Crippen molar-refractivity contribution < 1.29 is 9.53 Å². The zero-order chi connectivity index (χ0) is 21.1.